The maximum atomic E-state index is 9.63. The molecule has 5 rings (SSSR count). The minimum atomic E-state index is 0.335. The molecule has 0 spiro atoms. The summed E-state index contributed by atoms with van der Waals surface area (Å²) in [6.45, 7) is 0. The van der Waals surface area contributed by atoms with Crippen LogP contribution in [-0.4, -0.2) is 0 Å². The van der Waals surface area contributed by atoms with Crippen LogP contribution < -0.4 is 4.90 Å². The smallest absolute Gasteiger partial charge is 0.0992 e. The van der Waals surface area contributed by atoms with Crippen molar-refractivity contribution in [2.45, 2.75) is 0 Å². The van der Waals surface area contributed by atoms with Crippen molar-refractivity contribution in [3.05, 3.63) is 137 Å². The molecule has 43 heavy (non-hydrogen) atoms. The van der Waals surface area contributed by atoms with Crippen LogP contribution >= 0.6 is 0 Å². The SMILES string of the molecule is N#Cc1cc(C#N)cc(-c2ccc(N(c3ccc(-c4cc(C#N)cc(C#N)c4)cc3)c3cc(C#N)cc(C#N)c3)cc2)c1. The van der Waals surface area contributed by atoms with E-state index in [4.69, 9.17) is 0 Å². The van der Waals surface area contributed by atoms with Gasteiger partial charge in [0.1, 0.15) is 0 Å². The summed E-state index contributed by atoms with van der Waals surface area (Å²) in [4.78, 5) is 1.91. The lowest BCUT2D eigenvalue weighted by molar-refractivity contribution is 1.27. The second-order valence-corrected chi connectivity index (χ2v) is 9.47. The molecule has 0 heterocycles. The number of nitrogens with zero attached hydrogens (tertiary/aromatic N) is 7. The van der Waals surface area contributed by atoms with E-state index in [2.05, 4.69) is 36.4 Å². The van der Waals surface area contributed by atoms with E-state index in [-0.39, 0.29) is 0 Å². The van der Waals surface area contributed by atoms with Gasteiger partial charge in [0.05, 0.1) is 69.8 Å². The van der Waals surface area contributed by atoms with Crippen molar-refractivity contribution in [1.82, 2.24) is 0 Å². The molecule has 7 nitrogen and oxygen atoms in total. The average molecular weight is 548 g/mol. The number of hydrogen-bond donors (Lipinski definition) is 0. The van der Waals surface area contributed by atoms with Crippen LogP contribution in [-0.2, 0) is 0 Å². The number of benzene rings is 5. The first-order valence-corrected chi connectivity index (χ1v) is 12.9. The van der Waals surface area contributed by atoms with E-state index < -0.39 is 0 Å². The van der Waals surface area contributed by atoms with Crippen molar-refractivity contribution in [1.29, 1.82) is 31.6 Å². The number of anilines is 3. The minimum Gasteiger partial charge on any atom is -0.310 e. The van der Waals surface area contributed by atoms with Crippen molar-refractivity contribution in [2.24, 2.45) is 0 Å². The molecular weight excluding hydrogens is 530 g/mol. The highest BCUT2D eigenvalue weighted by Gasteiger charge is 2.16. The first-order valence-electron chi connectivity index (χ1n) is 12.9. The Balaban J connectivity index is 1.61. The molecule has 0 fully saturated rings. The Morgan fingerprint density at radius 2 is 0.581 bits per heavy atom. The third kappa shape index (κ3) is 5.75. The molecule has 0 radical (unpaired) electrons. The van der Waals surface area contributed by atoms with Gasteiger partial charge in [-0.2, -0.15) is 31.6 Å². The molecule has 5 aromatic rings. The predicted molar refractivity (Wildman–Crippen MR) is 160 cm³/mol. The Kier molecular flexibility index (Phi) is 7.60. The lowest BCUT2D eigenvalue weighted by Gasteiger charge is -2.26. The van der Waals surface area contributed by atoms with Crippen LogP contribution in [0.5, 0.6) is 0 Å². The molecule has 0 saturated heterocycles. The fourth-order valence-corrected chi connectivity index (χ4v) is 4.77. The summed E-state index contributed by atoms with van der Waals surface area (Å²) in [5.74, 6) is 0. The molecule has 0 aliphatic carbocycles. The van der Waals surface area contributed by atoms with Crippen LogP contribution in [0.2, 0.25) is 0 Å². The van der Waals surface area contributed by atoms with Crippen LogP contribution in [0, 0.1) is 68.0 Å². The summed E-state index contributed by atoms with van der Waals surface area (Å²) in [6.07, 6.45) is 0. The topological polar surface area (TPSA) is 146 Å². The molecule has 0 aliphatic heterocycles. The summed E-state index contributed by atoms with van der Waals surface area (Å²) < 4.78 is 0. The fourth-order valence-electron chi connectivity index (χ4n) is 4.77. The lowest BCUT2D eigenvalue weighted by Crippen LogP contribution is -2.10. The van der Waals surface area contributed by atoms with E-state index in [0.29, 0.717) is 39.1 Å². The molecule has 0 amide bonds. The van der Waals surface area contributed by atoms with E-state index in [1.54, 1.807) is 36.4 Å². The molecule has 0 N–H and O–H groups in total. The van der Waals surface area contributed by atoms with Crippen molar-refractivity contribution < 1.29 is 0 Å². The zero-order valence-corrected chi connectivity index (χ0v) is 22.4. The van der Waals surface area contributed by atoms with Gasteiger partial charge in [0, 0.05) is 17.1 Å². The van der Waals surface area contributed by atoms with Gasteiger partial charge in [0.25, 0.3) is 0 Å². The Labute approximate surface area is 248 Å². The third-order valence-electron chi connectivity index (χ3n) is 6.73. The summed E-state index contributed by atoms with van der Waals surface area (Å²) in [5, 5.41) is 56.8. The van der Waals surface area contributed by atoms with Gasteiger partial charge in [-0.25, -0.2) is 0 Å². The van der Waals surface area contributed by atoms with Crippen molar-refractivity contribution in [2.75, 3.05) is 4.90 Å². The highest BCUT2D eigenvalue weighted by molar-refractivity contribution is 5.81. The standard InChI is InChI=1S/C36H17N7/c37-18-24-9-25(19-38)13-32(12-24)30-1-5-34(6-2-30)43(36-16-28(22-41)11-29(17-36)23-42)35-7-3-31(4-8-35)33-14-26(20-39)10-27(15-33)21-40/h1-17H. The summed E-state index contributed by atoms with van der Waals surface area (Å²) in [5.41, 5.74) is 7.38. The molecule has 0 atom stereocenters. The zero-order chi connectivity index (χ0) is 30.3. The average Bonchev–Trinajstić information content (AvgIpc) is 3.08. The van der Waals surface area contributed by atoms with Gasteiger partial charge in [-0.15, -0.1) is 0 Å². The lowest BCUT2D eigenvalue weighted by atomic mass is 9.99. The maximum Gasteiger partial charge on any atom is 0.0992 e. The summed E-state index contributed by atoms with van der Waals surface area (Å²) in [7, 11) is 0. The Morgan fingerprint density at radius 1 is 0.302 bits per heavy atom. The Morgan fingerprint density at radius 3 is 0.860 bits per heavy atom. The van der Waals surface area contributed by atoms with E-state index in [9.17, 15) is 31.6 Å². The van der Waals surface area contributed by atoms with E-state index in [0.717, 1.165) is 33.6 Å². The van der Waals surface area contributed by atoms with Crippen LogP contribution in [0.3, 0.4) is 0 Å². The quantitative estimate of drug-likeness (QED) is 0.219. The van der Waals surface area contributed by atoms with Gasteiger partial charge in [-0.1, -0.05) is 24.3 Å². The second-order valence-electron chi connectivity index (χ2n) is 9.47. The van der Waals surface area contributed by atoms with Crippen LogP contribution in [0.25, 0.3) is 22.3 Å². The van der Waals surface area contributed by atoms with Crippen molar-refractivity contribution in [3.63, 3.8) is 0 Å². The van der Waals surface area contributed by atoms with Crippen LogP contribution in [0.4, 0.5) is 17.1 Å². The van der Waals surface area contributed by atoms with Gasteiger partial charge >= 0.3 is 0 Å². The van der Waals surface area contributed by atoms with E-state index in [1.807, 2.05) is 53.4 Å². The highest BCUT2D eigenvalue weighted by atomic mass is 15.1. The molecular formula is C36H17N7. The molecule has 0 bridgehead atoms. The normalized spacial score (nSPS) is 9.72. The Bertz CT molecular complexity index is 1920. The van der Waals surface area contributed by atoms with Gasteiger partial charge in [0.2, 0.25) is 0 Å². The molecule has 0 aliphatic rings. The fraction of sp³-hybridized carbons (Fsp3) is 0. The van der Waals surface area contributed by atoms with E-state index >= 15 is 0 Å². The largest absolute Gasteiger partial charge is 0.310 e. The third-order valence-corrected chi connectivity index (χ3v) is 6.73. The zero-order valence-electron chi connectivity index (χ0n) is 22.4. The van der Waals surface area contributed by atoms with Gasteiger partial charge in [-0.3, -0.25) is 0 Å². The van der Waals surface area contributed by atoms with Crippen molar-refractivity contribution in [3.8, 4) is 58.7 Å². The Hall–Kier alpha value is -7.16. The minimum absolute atomic E-state index is 0.335. The van der Waals surface area contributed by atoms with Gasteiger partial charge < -0.3 is 4.90 Å². The molecule has 0 saturated carbocycles. The second kappa shape index (κ2) is 11.9. The first-order chi connectivity index (χ1) is 21.0. The van der Waals surface area contributed by atoms with Crippen LogP contribution in [0.1, 0.15) is 33.4 Å². The maximum absolute atomic E-state index is 9.63. The molecule has 7 heteroatoms. The summed E-state index contributed by atoms with van der Waals surface area (Å²) >= 11 is 0. The predicted octanol–water partition coefficient (Wildman–Crippen LogP) is 7.72. The van der Waals surface area contributed by atoms with Gasteiger partial charge in [0.15, 0.2) is 0 Å². The molecule has 196 valence electrons. The first kappa shape index (κ1) is 27.4. The number of rotatable bonds is 5. The van der Waals surface area contributed by atoms with Crippen LogP contribution in [0.15, 0.2) is 103 Å². The molecule has 0 aromatic heterocycles. The van der Waals surface area contributed by atoms with E-state index in [1.165, 1.54) is 18.2 Å². The summed E-state index contributed by atoms with van der Waals surface area (Å²) in [6, 6.07) is 42.6. The van der Waals surface area contributed by atoms with Crippen molar-refractivity contribution >= 4 is 17.1 Å². The number of nitriles is 6. The monoisotopic (exact) mass is 547 g/mol. The molecule has 5 aromatic carbocycles. The highest BCUT2D eigenvalue weighted by Crippen LogP contribution is 2.38. The molecule has 0 unspecified atom stereocenters. The number of hydrogen-bond acceptors (Lipinski definition) is 7. The van der Waals surface area contributed by atoms with Gasteiger partial charge in [-0.05, 0) is 101 Å².